The van der Waals surface area contributed by atoms with E-state index < -0.39 is 0 Å². The van der Waals surface area contributed by atoms with Gasteiger partial charge in [-0.25, -0.2) is 0 Å². The van der Waals surface area contributed by atoms with Gasteiger partial charge in [-0.2, -0.15) is 0 Å². The molecule has 0 aliphatic heterocycles. The molecule has 0 aromatic carbocycles. The fourth-order valence-corrected chi connectivity index (χ4v) is 0.843. The molecule has 0 saturated carbocycles. The number of hydrogen-bond acceptors (Lipinski definition) is 0. The first-order valence-electron chi connectivity index (χ1n) is 3.38. The summed E-state index contributed by atoms with van der Waals surface area (Å²) >= 11 is 0. The van der Waals surface area contributed by atoms with E-state index in [1.807, 2.05) is 6.08 Å². The topological polar surface area (TPSA) is 0 Å². The highest BCUT2D eigenvalue weighted by Gasteiger charge is 1.94. The summed E-state index contributed by atoms with van der Waals surface area (Å²) in [6.45, 7) is 4.31. The molecule has 1 aliphatic rings. The van der Waals surface area contributed by atoms with Crippen molar-refractivity contribution in [3.05, 3.63) is 29.5 Å². The fraction of sp³-hybridized carbons (Fsp3) is 0.444. The van der Waals surface area contributed by atoms with Gasteiger partial charge in [0.15, 0.2) is 0 Å². The average molecular weight is 120 g/mol. The van der Waals surface area contributed by atoms with Gasteiger partial charge in [-0.1, -0.05) is 13.0 Å². The van der Waals surface area contributed by atoms with Gasteiger partial charge < -0.3 is 0 Å². The molecule has 1 aliphatic carbocycles. The summed E-state index contributed by atoms with van der Waals surface area (Å²) in [6.07, 6.45) is 7.56. The van der Waals surface area contributed by atoms with E-state index in [0.29, 0.717) is 5.92 Å². The van der Waals surface area contributed by atoms with Gasteiger partial charge in [0.05, 0.1) is 0 Å². The SMILES string of the molecule is CC1=CCC(C)C=C=C1. The molecule has 1 unspecified atom stereocenters. The van der Waals surface area contributed by atoms with Crippen molar-refractivity contribution in [1.29, 1.82) is 0 Å². The lowest BCUT2D eigenvalue weighted by molar-refractivity contribution is 0.746. The highest BCUT2D eigenvalue weighted by atomic mass is 14.0. The van der Waals surface area contributed by atoms with Crippen molar-refractivity contribution in [2.75, 3.05) is 0 Å². The maximum Gasteiger partial charge on any atom is -0.0151 e. The summed E-state index contributed by atoms with van der Waals surface area (Å²) in [6, 6.07) is 0. The summed E-state index contributed by atoms with van der Waals surface area (Å²) in [5, 5.41) is 0. The van der Waals surface area contributed by atoms with Crippen LogP contribution in [-0.4, -0.2) is 0 Å². The highest BCUT2D eigenvalue weighted by molar-refractivity contribution is 5.18. The Morgan fingerprint density at radius 3 is 3.22 bits per heavy atom. The Bertz CT molecular complexity index is 178. The zero-order valence-electron chi connectivity index (χ0n) is 6.02. The maximum absolute atomic E-state index is 3.13. The lowest BCUT2D eigenvalue weighted by Crippen LogP contribution is -1.83. The molecule has 0 heterocycles. The second-order valence-electron chi connectivity index (χ2n) is 2.64. The van der Waals surface area contributed by atoms with Gasteiger partial charge in [0.2, 0.25) is 0 Å². The van der Waals surface area contributed by atoms with Crippen molar-refractivity contribution < 1.29 is 0 Å². The summed E-state index contributed by atoms with van der Waals surface area (Å²) < 4.78 is 0. The molecule has 0 saturated heterocycles. The first-order valence-corrected chi connectivity index (χ1v) is 3.38. The normalized spacial score (nSPS) is 25.6. The first-order chi connectivity index (χ1) is 4.29. The zero-order chi connectivity index (χ0) is 6.69. The Hall–Kier alpha value is -0.740. The van der Waals surface area contributed by atoms with Crippen molar-refractivity contribution in [1.82, 2.24) is 0 Å². The van der Waals surface area contributed by atoms with E-state index in [4.69, 9.17) is 0 Å². The Labute approximate surface area is 56.6 Å². The minimum Gasteiger partial charge on any atom is -0.125 e. The van der Waals surface area contributed by atoms with Gasteiger partial charge >= 0.3 is 0 Å². The molecule has 0 aromatic heterocycles. The first kappa shape index (κ1) is 6.38. The van der Waals surface area contributed by atoms with Crippen molar-refractivity contribution in [2.45, 2.75) is 20.3 Å². The largest absolute Gasteiger partial charge is 0.125 e. The van der Waals surface area contributed by atoms with E-state index in [1.165, 1.54) is 5.57 Å². The van der Waals surface area contributed by atoms with E-state index >= 15 is 0 Å². The summed E-state index contributed by atoms with van der Waals surface area (Å²) in [4.78, 5) is 0. The number of rotatable bonds is 0. The third-order valence-corrected chi connectivity index (χ3v) is 1.50. The molecule has 0 nitrogen and oxygen atoms in total. The van der Waals surface area contributed by atoms with Gasteiger partial charge in [-0.15, -0.1) is 5.73 Å². The fourth-order valence-electron chi connectivity index (χ4n) is 0.843. The van der Waals surface area contributed by atoms with Crippen LogP contribution in [0.5, 0.6) is 0 Å². The van der Waals surface area contributed by atoms with Crippen molar-refractivity contribution >= 4 is 0 Å². The molecule has 0 spiro atoms. The van der Waals surface area contributed by atoms with Gasteiger partial charge in [-0.3, -0.25) is 0 Å². The molecular formula is C9H12. The molecule has 0 aromatic rings. The van der Waals surface area contributed by atoms with Crippen LogP contribution in [0.4, 0.5) is 0 Å². The van der Waals surface area contributed by atoms with Crippen LogP contribution in [0.3, 0.4) is 0 Å². The lowest BCUT2D eigenvalue weighted by Gasteiger charge is -1.95. The van der Waals surface area contributed by atoms with Crippen LogP contribution in [0.15, 0.2) is 29.5 Å². The van der Waals surface area contributed by atoms with Crippen LogP contribution in [-0.2, 0) is 0 Å². The number of allylic oxidation sites excluding steroid dienone is 3. The van der Waals surface area contributed by atoms with Crippen LogP contribution in [0, 0.1) is 5.92 Å². The quantitative estimate of drug-likeness (QED) is 0.431. The van der Waals surface area contributed by atoms with Crippen molar-refractivity contribution in [2.24, 2.45) is 5.92 Å². The summed E-state index contributed by atoms with van der Waals surface area (Å²) in [7, 11) is 0. The second kappa shape index (κ2) is 2.70. The van der Waals surface area contributed by atoms with E-state index in [1.54, 1.807) is 0 Å². The maximum atomic E-state index is 3.13. The lowest BCUT2D eigenvalue weighted by atomic mass is 10.1. The zero-order valence-corrected chi connectivity index (χ0v) is 6.02. The van der Waals surface area contributed by atoms with Gasteiger partial charge in [0.1, 0.15) is 0 Å². The van der Waals surface area contributed by atoms with E-state index in [9.17, 15) is 0 Å². The van der Waals surface area contributed by atoms with E-state index in [0.717, 1.165) is 6.42 Å². The Kier molecular flexibility index (Phi) is 1.92. The molecular weight excluding hydrogens is 108 g/mol. The molecule has 0 radical (unpaired) electrons. The van der Waals surface area contributed by atoms with Gasteiger partial charge in [-0.05, 0) is 37.0 Å². The Balaban J connectivity index is 2.78. The molecule has 48 valence electrons. The molecule has 9 heavy (non-hydrogen) atoms. The standard InChI is InChI=1S/C9H12/c1-8-4-3-5-9(2)7-6-8/h4-6,9H,7H2,1-2H3. The monoisotopic (exact) mass is 120 g/mol. The van der Waals surface area contributed by atoms with E-state index in [-0.39, 0.29) is 0 Å². The van der Waals surface area contributed by atoms with E-state index in [2.05, 4.69) is 31.7 Å². The molecule has 1 rings (SSSR count). The average Bonchev–Trinajstić information content (AvgIpc) is 1.97. The molecule has 1 atom stereocenters. The van der Waals surface area contributed by atoms with Gasteiger partial charge in [0, 0.05) is 0 Å². The minimum absolute atomic E-state index is 0.665. The molecule has 0 fully saturated rings. The van der Waals surface area contributed by atoms with Crippen LogP contribution < -0.4 is 0 Å². The summed E-state index contributed by atoms with van der Waals surface area (Å²) in [5.74, 6) is 0.665. The van der Waals surface area contributed by atoms with Crippen molar-refractivity contribution in [3.8, 4) is 0 Å². The molecule has 0 bridgehead atoms. The second-order valence-corrected chi connectivity index (χ2v) is 2.64. The van der Waals surface area contributed by atoms with Crippen LogP contribution in [0.1, 0.15) is 20.3 Å². The Morgan fingerprint density at radius 2 is 2.44 bits per heavy atom. The smallest absolute Gasteiger partial charge is 0.0151 e. The highest BCUT2D eigenvalue weighted by Crippen LogP contribution is 2.10. The van der Waals surface area contributed by atoms with Crippen LogP contribution >= 0.6 is 0 Å². The molecule has 0 heteroatoms. The minimum atomic E-state index is 0.665. The predicted octanol–water partition coefficient (Wildman–Crippen LogP) is 2.68. The summed E-state index contributed by atoms with van der Waals surface area (Å²) in [5.41, 5.74) is 4.46. The van der Waals surface area contributed by atoms with Crippen LogP contribution in [0.2, 0.25) is 0 Å². The van der Waals surface area contributed by atoms with Gasteiger partial charge in [0.25, 0.3) is 0 Å². The Morgan fingerprint density at radius 1 is 1.67 bits per heavy atom. The number of hydrogen-bond donors (Lipinski definition) is 0. The third-order valence-electron chi connectivity index (χ3n) is 1.50. The van der Waals surface area contributed by atoms with Crippen molar-refractivity contribution in [3.63, 3.8) is 0 Å². The predicted molar refractivity (Wildman–Crippen MR) is 40.2 cm³/mol. The van der Waals surface area contributed by atoms with Crippen LogP contribution in [0.25, 0.3) is 0 Å². The molecule has 0 amide bonds. The molecule has 0 N–H and O–H groups in total. The third kappa shape index (κ3) is 1.91.